The summed E-state index contributed by atoms with van der Waals surface area (Å²) in [6, 6.07) is 10.6. The number of hydrogen-bond donors (Lipinski definition) is 0. The lowest BCUT2D eigenvalue weighted by atomic mass is 10.1. The van der Waals surface area contributed by atoms with Gasteiger partial charge < -0.3 is 13.9 Å². The van der Waals surface area contributed by atoms with Crippen molar-refractivity contribution >= 4 is 17.5 Å². The van der Waals surface area contributed by atoms with Crippen molar-refractivity contribution in [3.05, 3.63) is 53.8 Å². The van der Waals surface area contributed by atoms with Crippen LogP contribution in [0.1, 0.15) is 10.4 Å². The number of carbonyl (C=O) groups is 1. The highest BCUT2D eigenvalue weighted by Gasteiger charge is 2.14. The van der Waals surface area contributed by atoms with E-state index in [-0.39, 0.29) is 22.6 Å². The molecule has 0 unspecified atom stereocenters. The third-order valence-corrected chi connectivity index (χ3v) is 4.35. The molecule has 1 heterocycles. The molecule has 3 aromatic rings. The van der Waals surface area contributed by atoms with Crippen LogP contribution in [0.4, 0.5) is 4.39 Å². The summed E-state index contributed by atoms with van der Waals surface area (Å²) in [7, 11) is 3.09. The van der Waals surface area contributed by atoms with Crippen LogP contribution in [0, 0.1) is 5.82 Å². The number of benzene rings is 2. The maximum Gasteiger partial charge on any atom is 0.277 e. The molecule has 0 fully saturated rings. The Bertz CT molecular complexity index is 912. The lowest BCUT2D eigenvalue weighted by Crippen LogP contribution is -2.02. The highest BCUT2D eigenvalue weighted by Crippen LogP contribution is 2.32. The van der Waals surface area contributed by atoms with E-state index in [4.69, 9.17) is 13.9 Å². The molecule has 0 atom stereocenters. The van der Waals surface area contributed by atoms with Crippen LogP contribution in [0.3, 0.4) is 0 Å². The molecule has 0 N–H and O–H groups in total. The van der Waals surface area contributed by atoms with Crippen LogP contribution < -0.4 is 9.47 Å². The first-order chi connectivity index (χ1) is 12.6. The molecule has 8 heteroatoms. The fraction of sp³-hybridized carbons (Fsp3) is 0.167. The van der Waals surface area contributed by atoms with Crippen molar-refractivity contribution in [3.8, 4) is 23.0 Å². The van der Waals surface area contributed by atoms with Gasteiger partial charge in [0.1, 0.15) is 5.82 Å². The molecule has 0 saturated heterocycles. The Morgan fingerprint density at radius 3 is 2.50 bits per heavy atom. The first-order valence-corrected chi connectivity index (χ1v) is 8.56. The van der Waals surface area contributed by atoms with Gasteiger partial charge in [-0.25, -0.2) is 4.39 Å². The van der Waals surface area contributed by atoms with E-state index >= 15 is 0 Å². The highest BCUT2D eigenvalue weighted by molar-refractivity contribution is 7.99. The van der Waals surface area contributed by atoms with E-state index in [1.165, 1.54) is 31.4 Å². The fourth-order valence-corrected chi connectivity index (χ4v) is 2.86. The SMILES string of the molecule is COc1ccc(-c2nnc(SCC(=O)c3ccc(F)cc3)o2)cc1OC. The molecule has 6 nitrogen and oxygen atoms in total. The first-order valence-electron chi connectivity index (χ1n) is 7.58. The number of halogens is 1. The van der Waals surface area contributed by atoms with Gasteiger partial charge in [-0.3, -0.25) is 4.79 Å². The number of carbonyl (C=O) groups excluding carboxylic acids is 1. The van der Waals surface area contributed by atoms with Gasteiger partial charge >= 0.3 is 0 Å². The summed E-state index contributed by atoms with van der Waals surface area (Å²) in [4.78, 5) is 12.1. The Kier molecular flexibility index (Phi) is 5.52. The van der Waals surface area contributed by atoms with Crippen molar-refractivity contribution in [2.24, 2.45) is 0 Å². The average molecular weight is 374 g/mol. The van der Waals surface area contributed by atoms with Crippen LogP contribution in [0.5, 0.6) is 11.5 Å². The number of hydrogen-bond acceptors (Lipinski definition) is 7. The molecule has 0 bridgehead atoms. The molecule has 0 radical (unpaired) electrons. The van der Waals surface area contributed by atoms with E-state index in [1.807, 2.05) is 0 Å². The maximum atomic E-state index is 12.9. The molecule has 0 aliphatic heterocycles. The Morgan fingerprint density at radius 1 is 1.08 bits per heavy atom. The Hall–Kier alpha value is -2.87. The van der Waals surface area contributed by atoms with Crippen molar-refractivity contribution in [2.75, 3.05) is 20.0 Å². The van der Waals surface area contributed by atoms with E-state index in [1.54, 1.807) is 25.3 Å². The number of methoxy groups -OCH3 is 2. The zero-order valence-electron chi connectivity index (χ0n) is 14.1. The lowest BCUT2D eigenvalue weighted by Gasteiger charge is -2.07. The summed E-state index contributed by atoms with van der Waals surface area (Å²) in [6.07, 6.45) is 0. The highest BCUT2D eigenvalue weighted by atomic mass is 32.2. The summed E-state index contributed by atoms with van der Waals surface area (Å²) in [5.74, 6) is 1.02. The van der Waals surface area contributed by atoms with E-state index in [2.05, 4.69) is 10.2 Å². The third kappa shape index (κ3) is 4.02. The molecule has 0 amide bonds. The number of nitrogens with zero attached hydrogens (tertiary/aromatic N) is 2. The van der Waals surface area contributed by atoms with Gasteiger partial charge in [0, 0.05) is 11.1 Å². The maximum absolute atomic E-state index is 12.9. The molecule has 134 valence electrons. The molecule has 0 aliphatic rings. The van der Waals surface area contributed by atoms with Gasteiger partial charge in [-0.1, -0.05) is 11.8 Å². The Labute approximate surface area is 153 Å². The fourth-order valence-electron chi connectivity index (χ4n) is 2.20. The summed E-state index contributed by atoms with van der Waals surface area (Å²) >= 11 is 1.12. The van der Waals surface area contributed by atoms with Crippen LogP contribution in [-0.4, -0.2) is 36.0 Å². The Morgan fingerprint density at radius 2 is 1.81 bits per heavy atom. The second kappa shape index (κ2) is 8.01. The molecular weight excluding hydrogens is 359 g/mol. The van der Waals surface area contributed by atoms with Crippen LogP contribution in [-0.2, 0) is 0 Å². The van der Waals surface area contributed by atoms with E-state index in [0.717, 1.165) is 11.8 Å². The minimum atomic E-state index is -0.384. The molecule has 0 saturated carbocycles. The summed E-state index contributed by atoms with van der Waals surface area (Å²) in [5.41, 5.74) is 1.10. The number of thioether (sulfide) groups is 1. The van der Waals surface area contributed by atoms with Crippen LogP contribution in [0.15, 0.2) is 52.1 Å². The minimum Gasteiger partial charge on any atom is -0.493 e. The van der Waals surface area contributed by atoms with E-state index in [0.29, 0.717) is 28.5 Å². The minimum absolute atomic E-state index is 0.110. The first kappa shape index (κ1) is 17.9. The lowest BCUT2D eigenvalue weighted by molar-refractivity contribution is 0.102. The zero-order chi connectivity index (χ0) is 18.5. The third-order valence-electron chi connectivity index (χ3n) is 3.53. The normalized spacial score (nSPS) is 10.6. The Balaban J connectivity index is 1.68. The second-order valence-electron chi connectivity index (χ2n) is 5.16. The second-order valence-corrected chi connectivity index (χ2v) is 6.09. The van der Waals surface area contributed by atoms with Gasteiger partial charge in [0.05, 0.1) is 20.0 Å². The standard InChI is InChI=1S/C18H15FN2O4S/c1-23-15-8-5-12(9-16(15)24-2)17-20-21-18(25-17)26-10-14(22)11-3-6-13(19)7-4-11/h3-9H,10H2,1-2H3. The van der Waals surface area contributed by atoms with Crippen molar-refractivity contribution < 1.29 is 23.1 Å². The van der Waals surface area contributed by atoms with E-state index in [9.17, 15) is 9.18 Å². The molecule has 26 heavy (non-hydrogen) atoms. The topological polar surface area (TPSA) is 74.5 Å². The smallest absolute Gasteiger partial charge is 0.277 e. The number of Topliss-reactive ketones (excluding diaryl/α,β-unsaturated/α-hetero) is 1. The van der Waals surface area contributed by atoms with Gasteiger partial charge in [0.15, 0.2) is 17.3 Å². The largest absolute Gasteiger partial charge is 0.493 e. The van der Waals surface area contributed by atoms with Gasteiger partial charge in [-0.05, 0) is 42.5 Å². The predicted octanol–water partition coefficient (Wildman–Crippen LogP) is 3.87. The zero-order valence-corrected chi connectivity index (χ0v) is 14.9. The molecule has 1 aromatic heterocycles. The van der Waals surface area contributed by atoms with Crippen molar-refractivity contribution in [1.82, 2.24) is 10.2 Å². The van der Waals surface area contributed by atoms with Gasteiger partial charge in [0.25, 0.3) is 5.22 Å². The van der Waals surface area contributed by atoms with Crippen LogP contribution >= 0.6 is 11.8 Å². The monoisotopic (exact) mass is 374 g/mol. The van der Waals surface area contributed by atoms with Gasteiger partial charge in [-0.15, -0.1) is 10.2 Å². The summed E-state index contributed by atoms with van der Waals surface area (Å²) in [6.45, 7) is 0. The molecule has 2 aromatic carbocycles. The van der Waals surface area contributed by atoms with Crippen molar-refractivity contribution in [3.63, 3.8) is 0 Å². The quantitative estimate of drug-likeness (QED) is 0.459. The van der Waals surface area contributed by atoms with Crippen LogP contribution in [0.2, 0.25) is 0 Å². The van der Waals surface area contributed by atoms with Crippen LogP contribution in [0.25, 0.3) is 11.5 Å². The van der Waals surface area contributed by atoms with E-state index < -0.39 is 0 Å². The molecule has 3 rings (SSSR count). The molecular formula is C18H15FN2O4S. The van der Waals surface area contributed by atoms with Crippen molar-refractivity contribution in [2.45, 2.75) is 5.22 Å². The number of aromatic nitrogens is 2. The van der Waals surface area contributed by atoms with Gasteiger partial charge in [-0.2, -0.15) is 0 Å². The van der Waals surface area contributed by atoms with Gasteiger partial charge in [0.2, 0.25) is 5.89 Å². The molecule has 0 aliphatic carbocycles. The summed E-state index contributed by atoms with van der Waals surface area (Å²) < 4.78 is 28.9. The summed E-state index contributed by atoms with van der Waals surface area (Å²) in [5, 5.41) is 8.19. The number of ether oxygens (including phenoxy) is 2. The van der Waals surface area contributed by atoms with Crippen molar-refractivity contribution in [1.29, 1.82) is 0 Å². The molecule has 0 spiro atoms. The number of rotatable bonds is 7. The number of ketones is 1. The predicted molar refractivity (Wildman–Crippen MR) is 94.3 cm³/mol. The average Bonchev–Trinajstić information content (AvgIpc) is 3.15.